The van der Waals surface area contributed by atoms with Gasteiger partial charge in [-0.2, -0.15) is 13.9 Å². The van der Waals surface area contributed by atoms with Crippen LogP contribution in [0.5, 0.6) is 5.75 Å². The molecule has 1 unspecified atom stereocenters. The number of ether oxygens (including phenoxy) is 1. The molecule has 0 saturated carbocycles. The van der Waals surface area contributed by atoms with E-state index >= 15 is 0 Å². The van der Waals surface area contributed by atoms with E-state index in [1.807, 2.05) is 56.3 Å². The van der Waals surface area contributed by atoms with Crippen LogP contribution in [0.3, 0.4) is 0 Å². The third-order valence-corrected chi connectivity index (χ3v) is 4.54. The standard InChI is InChI=1S/C21H23F2N3O2/c1-13(2)18(25-20(27)21(3,22)23)19(14-7-5-4-6-8-14)28-16-9-10-17-15(11-16)12-24-26-17/h4-13,18-19H,1-3H3,(H,24,26)(H,25,27)/t18?,19-/m1/s1. The summed E-state index contributed by atoms with van der Waals surface area (Å²) in [6.45, 7) is 4.31. The van der Waals surface area contributed by atoms with E-state index in [1.54, 1.807) is 12.3 Å². The highest BCUT2D eigenvalue weighted by Crippen LogP contribution is 2.30. The van der Waals surface area contributed by atoms with Crippen molar-refractivity contribution in [2.75, 3.05) is 0 Å². The SMILES string of the molecule is CC(C)C(NC(=O)C(C)(F)F)[C@H](Oc1ccc2[nH]ncc2c1)c1ccccc1. The van der Waals surface area contributed by atoms with E-state index in [0.717, 1.165) is 16.5 Å². The molecule has 0 aliphatic carbocycles. The number of aromatic amines is 1. The lowest BCUT2D eigenvalue weighted by Gasteiger charge is -2.32. The number of amides is 1. The number of hydrogen-bond donors (Lipinski definition) is 2. The van der Waals surface area contributed by atoms with Gasteiger partial charge < -0.3 is 10.1 Å². The summed E-state index contributed by atoms with van der Waals surface area (Å²) in [4.78, 5) is 12.0. The largest absolute Gasteiger partial charge is 0.484 e. The fourth-order valence-corrected chi connectivity index (χ4v) is 3.00. The maximum absolute atomic E-state index is 13.5. The van der Waals surface area contributed by atoms with Gasteiger partial charge >= 0.3 is 5.92 Å². The fraction of sp³-hybridized carbons (Fsp3) is 0.333. The van der Waals surface area contributed by atoms with Crippen LogP contribution < -0.4 is 10.1 Å². The zero-order valence-corrected chi connectivity index (χ0v) is 15.9. The fourth-order valence-electron chi connectivity index (χ4n) is 3.00. The Hall–Kier alpha value is -2.96. The average molecular weight is 387 g/mol. The quantitative estimate of drug-likeness (QED) is 0.628. The normalized spacial score (nSPS) is 14.1. The first kappa shape index (κ1) is 19.8. The van der Waals surface area contributed by atoms with Gasteiger partial charge in [-0.05, 0) is 29.7 Å². The van der Waals surface area contributed by atoms with Crippen molar-refractivity contribution in [3.63, 3.8) is 0 Å². The van der Waals surface area contributed by atoms with E-state index < -0.39 is 24.0 Å². The molecule has 0 saturated heterocycles. The van der Waals surface area contributed by atoms with Crippen molar-refractivity contribution < 1.29 is 18.3 Å². The van der Waals surface area contributed by atoms with Crippen LogP contribution in [0.15, 0.2) is 54.7 Å². The summed E-state index contributed by atoms with van der Waals surface area (Å²) in [7, 11) is 0. The Labute approximate surface area is 162 Å². The summed E-state index contributed by atoms with van der Waals surface area (Å²) < 4.78 is 33.2. The highest BCUT2D eigenvalue weighted by Gasteiger charge is 2.37. The van der Waals surface area contributed by atoms with Crippen molar-refractivity contribution in [2.24, 2.45) is 5.92 Å². The second-order valence-corrected chi connectivity index (χ2v) is 7.20. The van der Waals surface area contributed by atoms with E-state index in [1.165, 1.54) is 0 Å². The third-order valence-electron chi connectivity index (χ3n) is 4.54. The second kappa shape index (κ2) is 7.96. The number of carbonyl (C=O) groups excluding carboxylic acids is 1. The first-order valence-corrected chi connectivity index (χ1v) is 9.09. The lowest BCUT2D eigenvalue weighted by molar-refractivity contribution is -0.145. The maximum Gasteiger partial charge on any atom is 0.321 e. The number of nitrogens with zero attached hydrogens (tertiary/aromatic N) is 1. The molecule has 148 valence electrons. The Morgan fingerprint density at radius 2 is 1.89 bits per heavy atom. The first-order valence-electron chi connectivity index (χ1n) is 9.09. The van der Waals surface area contributed by atoms with E-state index in [4.69, 9.17) is 4.74 Å². The highest BCUT2D eigenvalue weighted by molar-refractivity contribution is 5.83. The molecule has 2 atom stereocenters. The van der Waals surface area contributed by atoms with E-state index in [0.29, 0.717) is 12.7 Å². The van der Waals surface area contributed by atoms with Gasteiger partial charge in [-0.15, -0.1) is 0 Å². The number of aromatic nitrogens is 2. The molecule has 5 nitrogen and oxygen atoms in total. The van der Waals surface area contributed by atoms with Crippen molar-refractivity contribution in [3.8, 4) is 5.75 Å². The van der Waals surface area contributed by atoms with Crippen LogP contribution in [0.4, 0.5) is 8.78 Å². The minimum atomic E-state index is -3.47. The van der Waals surface area contributed by atoms with Crippen LogP contribution in [-0.2, 0) is 4.79 Å². The van der Waals surface area contributed by atoms with Gasteiger partial charge in [0, 0.05) is 12.3 Å². The highest BCUT2D eigenvalue weighted by atomic mass is 19.3. The molecule has 7 heteroatoms. The molecule has 28 heavy (non-hydrogen) atoms. The number of carbonyl (C=O) groups is 1. The van der Waals surface area contributed by atoms with Gasteiger partial charge in [0.25, 0.3) is 5.91 Å². The number of H-pyrrole nitrogens is 1. The topological polar surface area (TPSA) is 67.0 Å². The minimum Gasteiger partial charge on any atom is -0.484 e. The number of benzene rings is 2. The predicted molar refractivity (Wildman–Crippen MR) is 103 cm³/mol. The van der Waals surface area contributed by atoms with Crippen LogP contribution in [0.1, 0.15) is 32.4 Å². The molecular formula is C21H23F2N3O2. The van der Waals surface area contributed by atoms with Crippen LogP contribution in [0.2, 0.25) is 0 Å². The Morgan fingerprint density at radius 3 is 2.54 bits per heavy atom. The lowest BCUT2D eigenvalue weighted by Crippen LogP contribution is -2.49. The van der Waals surface area contributed by atoms with E-state index in [2.05, 4.69) is 15.5 Å². The molecule has 2 N–H and O–H groups in total. The molecule has 0 bridgehead atoms. The Balaban J connectivity index is 1.95. The Bertz CT molecular complexity index is 935. The second-order valence-electron chi connectivity index (χ2n) is 7.20. The molecule has 0 spiro atoms. The van der Waals surface area contributed by atoms with Gasteiger partial charge in [0.05, 0.1) is 17.8 Å². The van der Waals surface area contributed by atoms with E-state index in [9.17, 15) is 13.6 Å². The van der Waals surface area contributed by atoms with Crippen molar-refractivity contribution in [1.29, 1.82) is 0 Å². The Morgan fingerprint density at radius 1 is 1.18 bits per heavy atom. The van der Waals surface area contributed by atoms with Crippen LogP contribution in [0, 0.1) is 5.92 Å². The molecule has 1 aromatic heterocycles. The van der Waals surface area contributed by atoms with Gasteiger partial charge in [0.1, 0.15) is 11.9 Å². The van der Waals surface area contributed by atoms with Gasteiger partial charge in [-0.1, -0.05) is 44.2 Å². The van der Waals surface area contributed by atoms with Gasteiger partial charge in [0.15, 0.2) is 0 Å². The van der Waals surface area contributed by atoms with Gasteiger partial charge in [0.2, 0.25) is 0 Å². The smallest absolute Gasteiger partial charge is 0.321 e. The van der Waals surface area contributed by atoms with Crippen molar-refractivity contribution in [2.45, 2.75) is 38.8 Å². The molecule has 1 amide bonds. The molecule has 2 aromatic carbocycles. The number of rotatable bonds is 7. The summed E-state index contributed by atoms with van der Waals surface area (Å²) in [6, 6.07) is 14.0. The molecule has 3 rings (SSSR count). The van der Waals surface area contributed by atoms with Crippen molar-refractivity contribution in [1.82, 2.24) is 15.5 Å². The first-order chi connectivity index (χ1) is 13.3. The Kier molecular flexibility index (Phi) is 5.63. The van der Waals surface area contributed by atoms with Crippen LogP contribution >= 0.6 is 0 Å². The minimum absolute atomic E-state index is 0.144. The zero-order chi connectivity index (χ0) is 20.3. The molecule has 3 aromatic rings. The molecule has 0 aliphatic rings. The summed E-state index contributed by atoms with van der Waals surface area (Å²) in [5, 5.41) is 10.2. The van der Waals surface area contributed by atoms with Gasteiger partial charge in [-0.3, -0.25) is 9.89 Å². The summed E-state index contributed by atoms with van der Waals surface area (Å²) in [5.41, 5.74) is 1.65. The average Bonchev–Trinajstić information content (AvgIpc) is 3.12. The van der Waals surface area contributed by atoms with Crippen LogP contribution in [0.25, 0.3) is 10.9 Å². The molecule has 0 radical (unpaired) electrons. The summed E-state index contributed by atoms with van der Waals surface area (Å²) in [5.74, 6) is -4.37. The molecule has 1 heterocycles. The third kappa shape index (κ3) is 4.47. The zero-order valence-electron chi connectivity index (χ0n) is 15.9. The van der Waals surface area contributed by atoms with E-state index in [-0.39, 0.29) is 5.92 Å². The lowest BCUT2D eigenvalue weighted by atomic mass is 9.92. The number of fused-ring (bicyclic) bond motifs is 1. The summed E-state index contributed by atoms with van der Waals surface area (Å²) in [6.07, 6.45) is 1.04. The maximum atomic E-state index is 13.5. The van der Waals surface area contributed by atoms with Gasteiger partial charge in [-0.25, -0.2) is 0 Å². The van der Waals surface area contributed by atoms with Crippen molar-refractivity contribution in [3.05, 3.63) is 60.3 Å². The van der Waals surface area contributed by atoms with Crippen molar-refractivity contribution >= 4 is 16.8 Å². The number of nitrogens with one attached hydrogen (secondary N) is 2. The number of alkyl halides is 2. The number of halogens is 2. The number of hydrogen-bond acceptors (Lipinski definition) is 3. The molecule has 0 fully saturated rings. The predicted octanol–water partition coefficient (Wildman–Crippen LogP) is 4.48. The summed E-state index contributed by atoms with van der Waals surface area (Å²) >= 11 is 0. The van der Waals surface area contributed by atoms with Crippen LogP contribution in [-0.4, -0.2) is 28.1 Å². The monoisotopic (exact) mass is 387 g/mol. The molecule has 0 aliphatic heterocycles. The molecular weight excluding hydrogens is 364 g/mol.